The molecule has 0 radical (unpaired) electrons. The quantitative estimate of drug-likeness (QED) is 0.452. The molecule has 0 aliphatic heterocycles. The topological polar surface area (TPSA) is 64.6 Å². The number of hydrogen-bond acceptors (Lipinski definition) is 4. The Kier molecular flexibility index (Phi) is 7.47. The number of nitrogens with one attached hydrogen (secondary N) is 1. The van der Waals surface area contributed by atoms with E-state index in [0.29, 0.717) is 11.3 Å². The lowest BCUT2D eigenvalue weighted by Gasteiger charge is -2.21. The molecule has 0 saturated heterocycles. The van der Waals surface area contributed by atoms with Crippen LogP contribution in [-0.2, 0) is 9.53 Å². The highest BCUT2D eigenvalue weighted by Crippen LogP contribution is 2.26. The molecule has 0 spiro atoms. The zero-order valence-corrected chi connectivity index (χ0v) is 17.9. The molecule has 29 heavy (non-hydrogen) atoms. The molecule has 0 aromatic heterocycles. The number of halogens is 1. The summed E-state index contributed by atoms with van der Waals surface area (Å²) in [7, 11) is 1.60. The summed E-state index contributed by atoms with van der Waals surface area (Å²) < 4.78 is 11.6. The lowest BCUT2D eigenvalue weighted by molar-refractivity contribution is -0.111. The van der Waals surface area contributed by atoms with E-state index in [0.717, 1.165) is 41.5 Å². The van der Waals surface area contributed by atoms with E-state index in [1.165, 1.54) is 12.5 Å². The van der Waals surface area contributed by atoms with Crippen LogP contribution in [0.3, 0.4) is 0 Å². The molecule has 1 aliphatic rings. The molecule has 2 aromatic rings. The molecule has 5 nitrogen and oxygen atoms in total. The van der Waals surface area contributed by atoms with Crippen LogP contribution in [0.15, 0.2) is 53.0 Å². The van der Waals surface area contributed by atoms with Gasteiger partial charge in [0.2, 0.25) is 5.91 Å². The molecule has 1 aliphatic carbocycles. The van der Waals surface area contributed by atoms with E-state index in [-0.39, 0.29) is 18.0 Å². The molecular formula is C23H24BrNO4. The van der Waals surface area contributed by atoms with Gasteiger partial charge in [-0.3, -0.25) is 4.79 Å². The molecule has 0 unspecified atom stereocenters. The van der Waals surface area contributed by atoms with Gasteiger partial charge in [0.1, 0.15) is 11.9 Å². The van der Waals surface area contributed by atoms with Gasteiger partial charge >= 0.3 is 5.97 Å². The highest BCUT2D eigenvalue weighted by atomic mass is 79.9. The van der Waals surface area contributed by atoms with Crippen molar-refractivity contribution in [3.05, 3.63) is 64.1 Å². The maximum Gasteiger partial charge on any atom is 0.338 e. The van der Waals surface area contributed by atoms with E-state index in [2.05, 4.69) is 21.2 Å². The number of carbonyl (C=O) groups excluding carboxylic acids is 2. The second-order valence-electron chi connectivity index (χ2n) is 6.96. The van der Waals surface area contributed by atoms with E-state index >= 15 is 0 Å². The third-order valence-corrected chi connectivity index (χ3v) is 5.44. The smallest absolute Gasteiger partial charge is 0.338 e. The molecule has 1 amide bonds. The average molecular weight is 458 g/mol. The molecule has 6 heteroatoms. The van der Waals surface area contributed by atoms with Crippen molar-refractivity contribution in [2.75, 3.05) is 12.4 Å². The highest BCUT2D eigenvalue weighted by molar-refractivity contribution is 9.10. The van der Waals surface area contributed by atoms with Crippen LogP contribution in [0.4, 0.5) is 5.69 Å². The monoisotopic (exact) mass is 457 g/mol. The van der Waals surface area contributed by atoms with Gasteiger partial charge in [-0.05, 0) is 89.7 Å². The van der Waals surface area contributed by atoms with Crippen molar-refractivity contribution < 1.29 is 19.1 Å². The number of rotatable bonds is 6. The van der Waals surface area contributed by atoms with Gasteiger partial charge in [-0.2, -0.15) is 0 Å². The van der Waals surface area contributed by atoms with Gasteiger partial charge in [-0.25, -0.2) is 4.79 Å². The fourth-order valence-corrected chi connectivity index (χ4v) is 3.79. The van der Waals surface area contributed by atoms with Crippen molar-refractivity contribution in [2.24, 2.45) is 0 Å². The second kappa shape index (κ2) is 10.3. The standard InChI is InChI=1S/C23H24BrNO4/c1-28-21-13-7-16(15-20(21)24)8-14-22(26)25-18-11-9-17(10-12-18)23(27)29-19-5-3-2-4-6-19/h7-15,19H,2-6H2,1H3,(H,25,26)/b14-8+. The van der Waals surface area contributed by atoms with Crippen LogP contribution in [0.2, 0.25) is 0 Å². The number of hydrogen-bond donors (Lipinski definition) is 1. The number of amides is 1. The minimum atomic E-state index is -0.306. The van der Waals surface area contributed by atoms with Crippen molar-refractivity contribution in [3.63, 3.8) is 0 Å². The Hall–Kier alpha value is -2.60. The van der Waals surface area contributed by atoms with Gasteiger partial charge in [0, 0.05) is 11.8 Å². The van der Waals surface area contributed by atoms with Crippen molar-refractivity contribution >= 4 is 39.6 Å². The van der Waals surface area contributed by atoms with E-state index in [4.69, 9.17) is 9.47 Å². The summed E-state index contributed by atoms with van der Waals surface area (Å²) in [5, 5.41) is 2.78. The summed E-state index contributed by atoms with van der Waals surface area (Å²) in [6, 6.07) is 12.3. The number of benzene rings is 2. The van der Waals surface area contributed by atoms with E-state index in [1.807, 2.05) is 18.2 Å². The van der Waals surface area contributed by atoms with Gasteiger partial charge in [0.15, 0.2) is 0 Å². The summed E-state index contributed by atoms with van der Waals surface area (Å²) in [6.45, 7) is 0. The normalized spacial score (nSPS) is 14.6. The number of carbonyl (C=O) groups is 2. The van der Waals surface area contributed by atoms with Gasteiger partial charge in [-0.1, -0.05) is 12.5 Å². The predicted octanol–water partition coefficient (Wildman–Crippen LogP) is 5.60. The molecule has 0 atom stereocenters. The first-order valence-corrected chi connectivity index (χ1v) is 10.5. The van der Waals surface area contributed by atoms with E-state index in [1.54, 1.807) is 37.5 Å². The Labute approximate surface area is 179 Å². The zero-order chi connectivity index (χ0) is 20.6. The second-order valence-corrected chi connectivity index (χ2v) is 7.81. The molecule has 0 heterocycles. The van der Waals surface area contributed by atoms with E-state index < -0.39 is 0 Å². The van der Waals surface area contributed by atoms with Gasteiger partial charge in [0.05, 0.1) is 17.1 Å². The Balaban J connectivity index is 1.54. The maximum absolute atomic E-state index is 12.2. The molecule has 152 valence electrons. The van der Waals surface area contributed by atoms with Crippen LogP contribution in [0, 0.1) is 0 Å². The number of methoxy groups -OCH3 is 1. The van der Waals surface area contributed by atoms with Gasteiger partial charge < -0.3 is 14.8 Å². The third kappa shape index (κ3) is 6.19. The summed E-state index contributed by atoms with van der Waals surface area (Å²) in [5.41, 5.74) is 1.98. The molecular weight excluding hydrogens is 434 g/mol. The van der Waals surface area contributed by atoms with Crippen molar-refractivity contribution in [3.8, 4) is 5.75 Å². The zero-order valence-electron chi connectivity index (χ0n) is 16.3. The maximum atomic E-state index is 12.2. The fourth-order valence-electron chi connectivity index (χ4n) is 3.23. The van der Waals surface area contributed by atoms with Crippen molar-refractivity contribution in [1.29, 1.82) is 0 Å². The minimum Gasteiger partial charge on any atom is -0.496 e. The molecule has 1 saturated carbocycles. The average Bonchev–Trinajstić information content (AvgIpc) is 2.73. The third-order valence-electron chi connectivity index (χ3n) is 4.82. The summed E-state index contributed by atoms with van der Waals surface area (Å²) >= 11 is 3.42. The Morgan fingerprint density at radius 1 is 1.07 bits per heavy atom. The number of anilines is 1. The van der Waals surface area contributed by atoms with Crippen molar-refractivity contribution in [1.82, 2.24) is 0 Å². The summed E-state index contributed by atoms with van der Waals surface area (Å²) in [4.78, 5) is 24.4. The highest BCUT2D eigenvalue weighted by Gasteiger charge is 2.18. The lowest BCUT2D eigenvalue weighted by Crippen LogP contribution is -2.20. The van der Waals surface area contributed by atoms with Crippen molar-refractivity contribution in [2.45, 2.75) is 38.2 Å². The van der Waals surface area contributed by atoms with Gasteiger partial charge in [0.25, 0.3) is 0 Å². The van der Waals surface area contributed by atoms with Crippen LogP contribution < -0.4 is 10.1 Å². The molecule has 2 aromatic carbocycles. The summed E-state index contributed by atoms with van der Waals surface area (Å²) in [6.07, 6.45) is 8.53. The Bertz CT molecular complexity index is 886. The minimum absolute atomic E-state index is 0.0266. The van der Waals surface area contributed by atoms with Crippen LogP contribution in [0.5, 0.6) is 5.75 Å². The summed E-state index contributed by atoms with van der Waals surface area (Å²) in [5.74, 6) is 0.169. The first-order valence-electron chi connectivity index (χ1n) is 9.69. The Morgan fingerprint density at radius 3 is 2.45 bits per heavy atom. The molecule has 0 bridgehead atoms. The van der Waals surface area contributed by atoms with Crippen LogP contribution in [-0.4, -0.2) is 25.1 Å². The Morgan fingerprint density at radius 2 is 1.79 bits per heavy atom. The molecule has 1 N–H and O–H groups in total. The van der Waals surface area contributed by atoms with Crippen LogP contribution in [0.25, 0.3) is 6.08 Å². The number of esters is 1. The molecule has 1 fully saturated rings. The predicted molar refractivity (Wildman–Crippen MR) is 117 cm³/mol. The molecule has 3 rings (SSSR count). The van der Waals surface area contributed by atoms with Gasteiger partial charge in [-0.15, -0.1) is 0 Å². The first kappa shape index (κ1) is 21.1. The SMILES string of the molecule is COc1ccc(/C=C/C(=O)Nc2ccc(C(=O)OC3CCCCC3)cc2)cc1Br. The largest absolute Gasteiger partial charge is 0.496 e. The fraction of sp³-hybridized carbons (Fsp3) is 0.304. The van der Waals surface area contributed by atoms with E-state index in [9.17, 15) is 9.59 Å². The number of ether oxygens (including phenoxy) is 2. The van der Waals surface area contributed by atoms with Crippen LogP contribution >= 0.6 is 15.9 Å². The lowest BCUT2D eigenvalue weighted by atomic mass is 9.98. The first-order chi connectivity index (χ1) is 14.0. The van der Waals surface area contributed by atoms with Crippen LogP contribution in [0.1, 0.15) is 48.0 Å².